The van der Waals surface area contributed by atoms with E-state index in [0.717, 1.165) is 0 Å². The monoisotopic (exact) mass is 256 g/mol. The summed E-state index contributed by atoms with van der Waals surface area (Å²) in [5, 5.41) is 0. The van der Waals surface area contributed by atoms with E-state index < -0.39 is 11.2 Å². The van der Waals surface area contributed by atoms with Crippen molar-refractivity contribution in [3.63, 3.8) is 0 Å². The van der Waals surface area contributed by atoms with Crippen molar-refractivity contribution < 1.29 is 0 Å². The van der Waals surface area contributed by atoms with Crippen molar-refractivity contribution >= 4 is 22.8 Å². The number of H-pyrrole nitrogens is 2. The number of fused-ring (bicyclic) bond motifs is 1. The SMILES string of the molecule is CC(C)Cn1c(=O)[nH]c(=O)c2[nH]c(CCl)nc21. The minimum atomic E-state index is -0.464. The van der Waals surface area contributed by atoms with Gasteiger partial charge in [-0.3, -0.25) is 14.3 Å². The van der Waals surface area contributed by atoms with Crippen molar-refractivity contribution in [3.05, 3.63) is 26.7 Å². The fraction of sp³-hybridized carbons (Fsp3) is 0.500. The van der Waals surface area contributed by atoms with Crippen molar-refractivity contribution in [2.75, 3.05) is 0 Å². The Morgan fingerprint density at radius 3 is 2.65 bits per heavy atom. The van der Waals surface area contributed by atoms with Crippen molar-refractivity contribution in [1.82, 2.24) is 19.5 Å². The van der Waals surface area contributed by atoms with Crippen LogP contribution >= 0.6 is 11.6 Å². The van der Waals surface area contributed by atoms with E-state index in [1.165, 1.54) is 4.57 Å². The summed E-state index contributed by atoms with van der Waals surface area (Å²) in [7, 11) is 0. The van der Waals surface area contributed by atoms with E-state index in [2.05, 4.69) is 15.0 Å². The molecule has 0 fully saturated rings. The summed E-state index contributed by atoms with van der Waals surface area (Å²) in [6, 6.07) is 0. The first-order valence-corrected chi connectivity index (χ1v) is 5.84. The molecule has 0 saturated heterocycles. The second-order valence-corrected chi connectivity index (χ2v) is 4.55. The van der Waals surface area contributed by atoms with E-state index in [-0.39, 0.29) is 11.8 Å². The van der Waals surface area contributed by atoms with Crippen LogP contribution in [0.1, 0.15) is 19.7 Å². The molecule has 0 aromatic carbocycles. The molecule has 2 aromatic rings. The van der Waals surface area contributed by atoms with Crippen LogP contribution in [0, 0.1) is 5.92 Å². The highest BCUT2D eigenvalue weighted by molar-refractivity contribution is 6.16. The molecule has 0 unspecified atom stereocenters. The van der Waals surface area contributed by atoms with Crippen LogP contribution in [-0.4, -0.2) is 19.5 Å². The molecule has 0 bridgehead atoms. The molecule has 92 valence electrons. The standard InChI is InChI=1S/C10H13ClN4O2/c1-5(2)4-15-8-7(9(16)14-10(15)17)12-6(3-11)13-8/h5H,3-4H2,1-2H3,(H,12,13)(H,14,16,17). The molecular formula is C10H13ClN4O2. The quantitative estimate of drug-likeness (QED) is 0.797. The molecular weight excluding hydrogens is 244 g/mol. The predicted octanol–water partition coefficient (Wildman–Crippen LogP) is 0.808. The van der Waals surface area contributed by atoms with Gasteiger partial charge in [-0.2, -0.15) is 0 Å². The minimum absolute atomic E-state index is 0.171. The van der Waals surface area contributed by atoms with Crippen LogP contribution in [0.2, 0.25) is 0 Å². The Bertz CT molecular complexity index is 652. The number of rotatable bonds is 3. The normalized spacial score (nSPS) is 11.5. The molecule has 0 spiro atoms. The lowest BCUT2D eigenvalue weighted by molar-refractivity contribution is 0.513. The first-order chi connectivity index (χ1) is 8.02. The molecule has 2 rings (SSSR count). The number of nitrogens with zero attached hydrogens (tertiary/aromatic N) is 2. The maximum absolute atomic E-state index is 11.7. The van der Waals surface area contributed by atoms with Crippen LogP contribution in [0.4, 0.5) is 0 Å². The molecule has 6 nitrogen and oxygen atoms in total. The van der Waals surface area contributed by atoms with Gasteiger partial charge in [-0.15, -0.1) is 11.6 Å². The van der Waals surface area contributed by atoms with Gasteiger partial charge >= 0.3 is 5.69 Å². The second kappa shape index (κ2) is 4.37. The fourth-order valence-electron chi connectivity index (χ4n) is 1.69. The lowest BCUT2D eigenvalue weighted by atomic mass is 10.2. The fourth-order valence-corrected chi connectivity index (χ4v) is 1.81. The van der Waals surface area contributed by atoms with Crippen LogP contribution < -0.4 is 11.2 Å². The number of aromatic nitrogens is 4. The molecule has 2 heterocycles. The van der Waals surface area contributed by atoms with Crippen LogP contribution in [0.5, 0.6) is 0 Å². The minimum Gasteiger partial charge on any atom is -0.335 e. The predicted molar refractivity (Wildman–Crippen MR) is 65.4 cm³/mol. The third-order valence-electron chi connectivity index (χ3n) is 2.36. The van der Waals surface area contributed by atoms with Crippen LogP contribution in [0.3, 0.4) is 0 Å². The molecule has 2 N–H and O–H groups in total. The highest BCUT2D eigenvalue weighted by Crippen LogP contribution is 2.08. The molecule has 0 amide bonds. The molecule has 0 aliphatic carbocycles. The summed E-state index contributed by atoms with van der Waals surface area (Å²) < 4.78 is 1.45. The molecule has 0 aliphatic heterocycles. The molecule has 0 atom stereocenters. The number of hydrogen-bond acceptors (Lipinski definition) is 3. The Balaban J connectivity index is 2.77. The Labute approximate surface area is 102 Å². The van der Waals surface area contributed by atoms with E-state index in [4.69, 9.17) is 11.6 Å². The maximum Gasteiger partial charge on any atom is 0.330 e. The third-order valence-corrected chi connectivity index (χ3v) is 2.61. The van der Waals surface area contributed by atoms with Gasteiger partial charge in [-0.25, -0.2) is 9.78 Å². The summed E-state index contributed by atoms with van der Waals surface area (Å²) >= 11 is 5.66. The average Bonchev–Trinajstić information content (AvgIpc) is 2.68. The van der Waals surface area contributed by atoms with E-state index >= 15 is 0 Å². The molecule has 2 aromatic heterocycles. The molecule has 7 heteroatoms. The zero-order valence-electron chi connectivity index (χ0n) is 9.58. The van der Waals surface area contributed by atoms with Gasteiger partial charge in [-0.05, 0) is 5.92 Å². The summed E-state index contributed by atoms with van der Waals surface area (Å²) in [5.74, 6) is 0.928. The number of aromatic amines is 2. The summed E-state index contributed by atoms with van der Waals surface area (Å²) in [6.07, 6.45) is 0. The Morgan fingerprint density at radius 2 is 2.06 bits per heavy atom. The lowest BCUT2D eigenvalue weighted by Gasteiger charge is -2.07. The van der Waals surface area contributed by atoms with E-state index in [0.29, 0.717) is 23.5 Å². The van der Waals surface area contributed by atoms with Crippen LogP contribution in [-0.2, 0) is 12.4 Å². The Kier molecular flexibility index (Phi) is 3.06. The molecule has 0 aliphatic rings. The van der Waals surface area contributed by atoms with Gasteiger partial charge in [0.15, 0.2) is 5.65 Å². The van der Waals surface area contributed by atoms with Crippen molar-refractivity contribution in [2.24, 2.45) is 5.92 Å². The van der Waals surface area contributed by atoms with Gasteiger partial charge in [0, 0.05) is 6.54 Å². The van der Waals surface area contributed by atoms with Crippen LogP contribution in [0.25, 0.3) is 11.2 Å². The Hall–Kier alpha value is -1.56. The maximum atomic E-state index is 11.7. The van der Waals surface area contributed by atoms with Crippen molar-refractivity contribution in [2.45, 2.75) is 26.3 Å². The van der Waals surface area contributed by atoms with Gasteiger partial charge in [0.1, 0.15) is 11.3 Å². The number of hydrogen-bond donors (Lipinski definition) is 2. The highest BCUT2D eigenvalue weighted by Gasteiger charge is 2.13. The van der Waals surface area contributed by atoms with E-state index in [1.807, 2.05) is 13.8 Å². The van der Waals surface area contributed by atoms with E-state index in [1.54, 1.807) is 0 Å². The zero-order valence-corrected chi connectivity index (χ0v) is 10.3. The molecule has 0 saturated carbocycles. The third kappa shape index (κ3) is 2.12. The van der Waals surface area contributed by atoms with Gasteiger partial charge < -0.3 is 4.98 Å². The largest absolute Gasteiger partial charge is 0.335 e. The van der Waals surface area contributed by atoms with Gasteiger partial charge in [0.2, 0.25) is 0 Å². The van der Waals surface area contributed by atoms with Crippen LogP contribution in [0.15, 0.2) is 9.59 Å². The average molecular weight is 257 g/mol. The zero-order chi connectivity index (χ0) is 12.6. The Morgan fingerprint density at radius 1 is 1.35 bits per heavy atom. The molecule has 0 radical (unpaired) electrons. The number of imidazole rings is 1. The van der Waals surface area contributed by atoms with Crippen molar-refractivity contribution in [1.29, 1.82) is 0 Å². The summed E-state index contributed by atoms with van der Waals surface area (Å²) in [4.78, 5) is 32.5. The topological polar surface area (TPSA) is 83.5 Å². The van der Waals surface area contributed by atoms with Gasteiger partial charge in [0.25, 0.3) is 5.56 Å². The second-order valence-electron chi connectivity index (χ2n) is 4.28. The van der Waals surface area contributed by atoms with Gasteiger partial charge in [-0.1, -0.05) is 13.8 Å². The number of nitrogens with one attached hydrogen (secondary N) is 2. The number of alkyl halides is 1. The summed E-state index contributed by atoms with van der Waals surface area (Å²) in [5.41, 5.74) is -0.248. The van der Waals surface area contributed by atoms with Crippen molar-refractivity contribution in [3.8, 4) is 0 Å². The van der Waals surface area contributed by atoms with Gasteiger partial charge in [0.05, 0.1) is 5.88 Å². The highest BCUT2D eigenvalue weighted by atomic mass is 35.5. The van der Waals surface area contributed by atoms with E-state index in [9.17, 15) is 9.59 Å². The first-order valence-electron chi connectivity index (χ1n) is 5.30. The first kappa shape index (κ1) is 11.9. The molecule has 17 heavy (non-hydrogen) atoms. The summed E-state index contributed by atoms with van der Waals surface area (Å²) in [6.45, 7) is 4.47. The lowest BCUT2D eigenvalue weighted by Crippen LogP contribution is -2.31. The smallest absolute Gasteiger partial charge is 0.330 e. The number of halogens is 1.